The third-order valence-corrected chi connectivity index (χ3v) is 12.1. The average Bonchev–Trinajstić information content (AvgIpc) is 3.39. The van der Waals surface area contributed by atoms with Crippen molar-refractivity contribution in [1.82, 2.24) is 0 Å². The number of carbonyl (C=O) groups is 3. The maximum absolute atomic E-state index is 12.8. The van der Waals surface area contributed by atoms with Crippen molar-refractivity contribution < 1.29 is 28.6 Å². The van der Waals surface area contributed by atoms with E-state index in [1.54, 1.807) is 0 Å². The van der Waals surface area contributed by atoms with Gasteiger partial charge in [0.25, 0.3) is 0 Å². The van der Waals surface area contributed by atoms with Gasteiger partial charge in [0, 0.05) is 19.3 Å². The zero-order valence-corrected chi connectivity index (χ0v) is 47.1. The van der Waals surface area contributed by atoms with Crippen molar-refractivity contribution in [3.05, 3.63) is 134 Å². The van der Waals surface area contributed by atoms with E-state index in [1.165, 1.54) is 51.4 Å². The molecule has 0 aromatic carbocycles. The highest BCUT2D eigenvalue weighted by Crippen LogP contribution is 2.13. The van der Waals surface area contributed by atoms with Gasteiger partial charge in [-0.2, -0.15) is 0 Å². The first-order chi connectivity index (χ1) is 36.0. The highest BCUT2D eigenvalue weighted by atomic mass is 16.6. The van der Waals surface area contributed by atoms with Gasteiger partial charge in [-0.1, -0.05) is 231 Å². The Morgan fingerprint density at radius 3 is 0.890 bits per heavy atom. The number of hydrogen-bond acceptors (Lipinski definition) is 6. The van der Waals surface area contributed by atoms with Crippen LogP contribution >= 0.6 is 0 Å². The zero-order valence-electron chi connectivity index (χ0n) is 47.1. The van der Waals surface area contributed by atoms with Crippen LogP contribution in [0, 0.1) is 0 Å². The van der Waals surface area contributed by atoms with E-state index in [9.17, 15) is 14.4 Å². The average molecular weight is 1010 g/mol. The van der Waals surface area contributed by atoms with E-state index < -0.39 is 6.10 Å². The molecule has 0 N–H and O–H groups in total. The summed E-state index contributed by atoms with van der Waals surface area (Å²) in [5.74, 6) is -0.953. The lowest BCUT2D eigenvalue weighted by atomic mass is 10.1. The van der Waals surface area contributed by atoms with Crippen LogP contribution in [0.1, 0.15) is 252 Å². The summed E-state index contributed by atoms with van der Waals surface area (Å²) in [7, 11) is 0. The molecule has 0 radical (unpaired) electrons. The maximum atomic E-state index is 12.8. The van der Waals surface area contributed by atoms with Crippen molar-refractivity contribution in [3.8, 4) is 0 Å². The first-order valence-corrected chi connectivity index (χ1v) is 29.7. The van der Waals surface area contributed by atoms with Crippen LogP contribution in [-0.4, -0.2) is 37.2 Å². The summed E-state index contributed by atoms with van der Waals surface area (Å²) in [6.45, 7) is 6.41. The van der Waals surface area contributed by atoms with Gasteiger partial charge in [-0.05, 0) is 135 Å². The number of ether oxygens (including phenoxy) is 3. The monoisotopic (exact) mass is 1010 g/mol. The quantitative estimate of drug-likeness (QED) is 0.0261. The van der Waals surface area contributed by atoms with Crippen molar-refractivity contribution >= 4 is 17.9 Å². The first kappa shape index (κ1) is 68.6. The summed E-state index contributed by atoms with van der Waals surface area (Å²) in [5.41, 5.74) is 0. The standard InChI is InChI=1S/C67H108O6/c1-4-7-10-13-16-19-22-25-27-28-29-30-31-32-33-34-35-36-37-38-39-40-41-43-45-48-51-54-57-60-66(69)72-63-64(62-71-65(68)59-56-53-50-47-44-24-21-18-15-12-9-6-3)73-67(70)61-58-55-52-49-46-42-26-23-20-17-14-11-8-5-2/h7,10,14,16-19,21,23,25-27,29-30,32-33,35-36,38-39,41,43,64H,4-6,8-9,11-13,15,20,22,24,28,31,34,37,40,42,44-63H2,1-3H3/b10-7-,17-14-,19-16-,21-18-,26-23-,27-25-,30-29-,33-32-,36-35-,39-38-,43-41-. The third-order valence-electron chi connectivity index (χ3n) is 12.1. The molecular formula is C67H108O6. The maximum Gasteiger partial charge on any atom is 0.306 e. The first-order valence-electron chi connectivity index (χ1n) is 29.7. The minimum atomic E-state index is -0.804. The summed E-state index contributed by atoms with van der Waals surface area (Å²) in [6, 6.07) is 0. The molecule has 412 valence electrons. The van der Waals surface area contributed by atoms with Gasteiger partial charge >= 0.3 is 17.9 Å². The zero-order chi connectivity index (χ0) is 52.9. The van der Waals surface area contributed by atoms with E-state index in [2.05, 4.69) is 154 Å². The normalized spacial score (nSPS) is 13.1. The summed E-state index contributed by atoms with van der Waals surface area (Å²) in [6.07, 6.45) is 84.5. The Balaban J connectivity index is 4.37. The highest BCUT2D eigenvalue weighted by Gasteiger charge is 2.19. The second kappa shape index (κ2) is 60.1. The lowest BCUT2D eigenvalue weighted by Gasteiger charge is -2.18. The summed E-state index contributed by atoms with van der Waals surface area (Å²) >= 11 is 0. The fraction of sp³-hybridized carbons (Fsp3) is 0.627. The molecule has 0 saturated carbocycles. The predicted molar refractivity (Wildman–Crippen MR) is 316 cm³/mol. The van der Waals surface area contributed by atoms with Crippen LogP contribution in [0.3, 0.4) is 0 Å². The molecule has 0 amide bonds. The third kappa shape index (κ3) is 58.3. The van der Waals surface area contributed by atoms with Gasteiger partial charge in [0.05, 0.1) is 0 Å². The van der Waals surface area contributed by atoms with Gasteiger partial charge in [-0.15, -0.1) is 0 Å². The summed E-state index contributed by atoms with van der Waals surface area (Å²) in [4.78, 5) is 38.1. The van der Waals surface area contributed by atoms with Crippen molar-refractivity contribution in [2.45, 2.75) is 258 Å². The molecule has 0 aromatic heterocycles. The number of hydrogen-bond donors (Lipinski definition) is 0. The van der Waals surface area contributed by atoms with E-state index in [-0.39, 0.29) is 31.1 Å². The molecule has 1 unspecified atom stereocenters. The summed E-state index contributed by atoms with van der Waals surface area (Å²) < 4.78 is 16.8. The lowest BCUT2D eigenvalue weighted by Crippen LogP contribution is -2.30. The van der Waals surface area contributed by atoms with Crippen LogP contribution in [0.5, 0.6) is 0 Å². The van der Waals surface area contributed by atoms with Gasteiger partial charge < -0.3 is 14.2 Å². The number of carbonyl (C=O) groups excluding carboxylic acids is 3. The minimum Gasteiger partial charge on any atom is -0.462 e. The molecule has 6 heteroatoms. The molecule has 0 rings (SSSR count). The Labute approximate surface area is 449 Å². The van der Waals surface area contributed by atoms with Gasteiger partial charge in [-0.25, -0.2) is 0 Å². The molecule has 6 nitrogen and oxygen atoms in total. The van der Waals surface area contributed by atoms with Gasteiger partial charge in [-0.3, -0.25) is 14.4 Å². The van der Waals surface area contributed by atoms with E-state index >= 15 is 0 Å². The molecular weight excluding hydrogens is 901 g/mol. The second-order valence-corrected chi connectivity index (χ2v) is 19.2. The summed E-state index contributed by atoms with van der Waals surface area (Å²) in [5, 5.41) is 0. The molecule has 1 atom stereocenters. The molecule has 0 aliphatic rings. The van der Waals surface area contributed by atoms with Crippen LogP contribution < -0.4 is 0 Å². The highest BCUT2D eigenvalue weighted by molar-refractivity contribution is 5.71. The Morgan fingerprint density at radius 2 is 0.548 bits per heavy atom. The molecule has 0 aromatic rings. The van der Waals surface area contributed by atoms with Crippen LogP contribution in [-0.2, 0) is 28.6 Å². The van der Waals surface area contributed by atoms with Crippen LogP contribution in [0.2, 0.25) is 0 Å². The fourth-order valence-electron chi connectivity index (χ4n) is 7.64. The molecule has 0 bridgehead atoms. The van der Waals surface area contributed by atoms with Crippen molar-refractivity contribution in [3.63, 3.8) is 0 Å². The Hall–Kier alpha value is -4.45. The van der Waals surface area contributed by atoms with Gasteiger partial charge in [0.2, 0.25) is 0 Å². The minimum absolute atomic E-state index is 0.0999. The van der Waals surface area contributed by atoms with Crippen LogP contribution in [0.25, 0.3) is 0 Å². The second-order valence-electron chi connectivity index (χ2n) is 19.2. The van der Waals surface area contributed by atoms with E-state index in [4.69, 9.17) is 14.2 Å². The van der Waals surface area contributed by atoms with Crippen molar-refractivity contribution in [2.24, 2.45) is 0 Å². The SMILES string of the molecule is CC/C=C\C/C=C\C/C=C\C/C=C\C/C=C\C/C=C\C/C=C\C/C=C\CCCCCCC(=O)OCC(COC(=O)CCCCCCC/C=C\CCCCC)OC(=O)CCCCCCC/C=C\C/C=C\CCCC. The predicted octanol–water partition coefficient (Wildman–Crippen LogP) is 20.2. The molecule has 0 spiro atoms. The Bertz CT molecular complexity index is 1580. The lowest BCUT2D eigenvalue weighted by molar-refractivity contribution is -0.167. The van der Waals surface area contributed by atoms with E-state index in [0.717, 1.165) is 161 Å². The van der Waals surface area contributed by atoms with Crippen LogP contribution in [0.4, 0.5) is 0 Å². The van der Waals surface area contributed by atoms with Crippen LogP contribution in [0.15, 0.2) is 134 Å². The Kier molecular flexibility index (Phi) is 56.4. The molecule has 0 saturated heterocycles. The largest absolute Gasteiger partial charge is 0.462 e. The van der Waals surface area contributed by atoms with Crippen molar-refractivity contribution in [1.29, 1.82) is 0 Å². The molecule has 0 aliphatic carbocycles. The van der Waals surface area contributed by atoms with Crippen molar-refractivity contribution in [2.75, 3.05) is 13.2 Å². The van der Waals surface area contributed by atoms with E-state index in [0.29, 0.717) is 19.3 Å². The fourth-order valence-corrected chi connectivity index (χ4v) is 7.64. The molecule has 0 heterocycles. The number of esters is 3. The van der Waals surface area contributed by atoms with Gasteiger partial charge in [0.15, 0.2) is 6.10 Å². The smallest absolute Gasteiger partial charge is 0.306 e. The molecule has 0 fully saturated rings. The Morgan fingerprint density at radius 1 is 0.288 bits per heavy atom. The number of unbranched alkanes of at least 4 members (excludes halogenated alkanes) is 19. The number of rotatable bonds is 52. The molecule has 73 heavy (non-hydrogen) atoms. The topological polar surface area (TPSA) is 78.9 Å². The molecule has 0 aliphatic heterocycles. The number of allylic oxidation sites excluding steroid dienone is 22. The van der Waals surface area contributed by atoms with Gasteiger partial charge in [0.1, 0.15) is 13.2 Å². The van der Waals surface area contributed by atoms with E-state index in [1.807, 2.05) is 0 Å².